The first-order chi connectivity index (χ1) is 8.10. The molecule has 1 aromatic carbocycles. The summed E-state index contributed by atoms with van der Waals surface area (Å²) >= 11 is 0. The molecule has 90 valence electrons. The van der Waals surface area contributed by atoms with Gasteiger partial charge in [-0.05, 0) is 55.0 Å². The molecule has 0 aromatic heterocycles. The molecule has 0 saturated carbocycles. The molecule has 0 N–H and O–H groups in total. The third kappa shape index (κ3) is 2.57. The van der Waals surface area contributed by atoms with Gasteiger partial charge < -0.3 is 4.74 Å². The highest BCUT2D eigenvalue weighted by Crippen LogP contribution is 2.36. The summed E-state index contributed by atoms with van der Waals surface area (Å²) in [7, 11) is 0. The molecule has 1 aromatic rings. The van der Waals surface area contributed by atoms with Crippen LogP contribution in [0.4, 0.5) is 0 Å². The molecule has 2 rings (SSSR count). The Labute approximate surface area is 102 Å². The molecule has 0 saturated heterocycles. The summed E-state index contributed by atoms with van der Waals surface area (Å²) in [6, 6.07) is 6.33. The van der Waals surface area contributed by atoms with Crippen LogP contribution in [-0.2, 0) is 4.79 Å². The second-order valence-electron chi connectivity index (χ2n) is 4.86. The van der Waals surface area contributed by atoms with Crippen LogP contribution in [0.25, 0.3) is 0 Å². The first-order valence-electron chi connectivity index (χ1n) is 6.01. The number of allylic oxidation sites excluding steroid dienone is 1. The van der Waals surface area contributed by atoms with Gasteiger partial charge in [0.05, 0.1) is 0 Å². The average molecular weight is 230 g/mol. The van der Waals surface area contributed by atoms with Gasteiger partial charge in [-0.3, -0.25) is 4.79 Å². The van der Waals surface area contributed by atoms with Crippen LogP contribution in [0.3, 0.4) is 0 Å². The predicted octanol–water partition coefficient (Wildman–Crippen LogP) is 3.39. The van der Waals surface area contributed by atoms with Crippen molar-refractivity contribution in [1.82, 2.24) is 0 Å². The van der Waals surface area contributed by atoms with E-state index in [-0.39, 0.29) is 6.10 Å². The lowest BCUT2D eigenvalue weighted by molar-refractivity contribution is -0.104. The molecule has 1 heterocycles. The molecule has 1 aliphatic heterocycles. The van der Waals surface area contributed by atoms with Crippen molar-refractivity contribution in [2.24, 2.45) is 0 Å². The number of aldehydes is 1. The van der Waals surface area contributed by atoms with E-state index in [1.807, 2.05) is 13.0 Å². The van der Waals surface area contributed by atoms with Gasteiger partial charge in [0.1, 0.15) is 18.1 Å². The monoisotopic (exact) mass is 230 g/mol. The highest BCUT2D eigenvalue weighted by molar-refractivity contribution is 5.72. The summed E-state index contributed by atoms with van der Waals surface area (Å²) in [5.41, 5.74) is 3.20. The number of aryl methyl sites for hydroxylation is 1. The Morgan fingerprint density at radius 1 is 1.47 bits per heavy atom. The highest BCUT2D eigenvalue weighted by atomic mass is 16.5. The molecule has 1 aliphatic rings. The molecule has 0 bridgehead atoms. The molecule has 2 heteroatoms. The minimum Gasteiger partial charge on any atom is -0.486 e. The Morgan fingerprint density at radius 3 is 2.94 bits per heavy atom. The Hall–Kier alpha value is -1.57. The van der Waals surface area contributed by atoms with Gasteiger partial charge >= 0.3 is 0 Å². The molecule has 2 atom stereocenters. The van der Waals surface area contributed by atoms with Crippen LogP contribution in [0, 0.1) is 6.92 Å². The average Bonchev–Trinajstić information content (AvgIpc) is 2.28. The van der Waals surface area contributed by atoms with E-state index in [1.54, 1.807) is 0 Å². The van der Waals surface area contributed by atoms with Crippen molar-refractivity contribution in [3.8, 4) is 5.75 Å². The van der Waals surface area contributed by atoms with Crippen molar-refractivity contribution in [3.05, 3.63) is 41.0 Å². The van der Waals surface area contributed by atoms with E-state index < -0.39 is 0 Å². The van der Waals surface area contributed by atoms with Gasteiger partial charge in [-0.1, -0.05) is 19.1 Å². The molecule has 2 nitrogen and oxygen atoms in total. The maximum absolute atomic E-state index is 10.6. The van der Waals surface area contributed by atoms with Gasteiger partial charge in [-0.15, -0.1) is 0 Å². The van der Waals surface area contributed by atoms with Gasteiger partial charge in [0.2, 0.25) is 0 Å². The van der Waals surface area contributed by atoms with Crippen LogP contribution in [0.1, 0.15) is 37.3 Å². The summed E-state index contributed by atoms with van der Waals surface area (Å²) < 4.78 is 5.92. The van der Waals surface area contributed by atoms with Gasteiger partial charge in [-0.2, -0.15) is 0 Å². The first kappa shape index (κ1) is 11.9. The summed E-state index contributed by atoms with van der Waals surface area (Å²) in [4.78, 5) is 10.6. The fraction of sp³-hybridized carbons (Fsp3) is 0.400. The Morgan fingerprint density at radius 2 is 2.24 bits per heavy atom. The Kier molecular flexibility index (Phi) is 3.32. The number of rotatable bonds is 2. The Balaban J connectivity index is 2.28. The van der Waals surface area contributed by atoms with Crippen molar-refractivity contribution >= 4 is 6.29 Å². The van der Waals surface area contributed by atoms with Crippen molar-refractivity contribution in [2.45, 2.75) is 39.2 Å². The zero-order chi connectivity index (χ0) is 12.4. The highest BCUT2D eigenvalue weighted by Gasteiger charge is 2.24. The van der Waals surface area contributed by atoms with Gasteiger partial charge in [-0.25, -0.2) is 0 Å². The molecule has 17 heavy (non-hydrogen) atoms. The molecule has 0 unspecified atom stereocenters. The number of hydrogen-bond donors (Lipinski definition) is 0. The minimum absolute atomic E-state index is 0.0181. The van der Waals surface area contributed by atoms with Crippen LogP contribution in [0.2, 0.25) is 0 Å². The maximum Gasteiger partial charge on any atom is 0.145 e. The second kappa shape index (κ2) is 4.74. The van der Waals surface area contributed by atoms with Crippen LogP contribution >= 0.6 is 0 Å². The molecule has 0 amide bonds. The van der Waals surface area contributed by atoms with Crippen molar-refractivity contribution in [2.75, 3.05) is 0 Å². The Bertz CT molecular complexity index is 460. The van der Waals surface area contributed by atoms with E-state index >= 15 is 0 Å². The number of carbonyl (C=O) groups is 1. The van der Waals surface area contributed by atoms with E-state index in [2.05, 4.69) is 32.0 Å². The third-order valence-electron chi connectivity index (χ3n) is 3.20. The number of fused-ring (bicyclic) bond motifs is 1. The summed E-state index contributed by atoms with van der Waals surface area (Å²) in [6.07, 6.45) is 3.74. The first-order valence-corrected chi connectivity index (χ1v) is 6.01. The van der Waals surface area contributed by atoms with Crippen LogP contribution in [0.15, 0.2) is 29.8 Å². The van der Waals surface area contributed by atoms with Crippen LogP contribution in [-0.4, -0.2) is 12.4 Å². The number of benzene rings is 1. The smallest absolute Gasteiger partial charge is 0.145 e. The van der Waals surface area contributed by atoms with E-state index in [4.69, 9.17) is 4.74 Å². The lowest BCUT2D eigenvalue weighted by Crippen LogP contribution is -2.23. The minimum atomic E-state index is 0.0181. The van der Waals surface area contributed by atoms with Gasteiger partial charge in [0.25, 0.3) is 0 Å². The third-order valence-corrected chi connectivity index (χ3v) is 3.20. The summed E-state index contributed by atoms with van der Waals surface area (Å²) in [6.45, 7) is 6.07. The van der Waals surface area contributed by atoms with Crippen LogP contribution in [0.5, 0.6) is 5.75 Å². The molecular formula is C15H18O2. The second-order valence-corrected chi connectivity index (χ2v) is 4.86. The molecule has 0 fully saturated rings. The van der Waals surface area contributed by atoms with Gasteiger partial charge in [0.15, 0.2) is 0 Å². The molecule has 0 spiro atoms. The predicted molar refractivity (Wildman–Crippen MR) is 68.4 cm³/mol. The summed E-state index contributed by atoms with van der Waals surface area (Å²) in [5, 5.41) is 0. The lowest BCUT2D eigenvalue weighted by Gasteiger charge is -2.29. The van der Waals surface area contributed by atoms with Crippen molar-refractivity contribution in [3.63, 3.8) is 0 Å². The lowest BCUT2D eigenvalue weighted by atomic mass is 9.90. The molecular weight excluding hydrogens is 212 g/mol. The topological polar surface area (TPSA) is 26.3 Å². The molecule has 0 aliphatic carbocycles. The SMILES string of the molecule is CC(C=O)=C[C@@H]1C[C@@H](C)c2ccc(C)cc2O1. The number of carbonyl (C=O) groups excluding carboxylic acids is 1. The largest absolute Gasteiger partial charge is 0.486 e. The number of ether oxygens (including phenoxy) is 1. The van der Waals surface area contributed by atoms with E-state index in [1.165, 1.54) is 11.1 Å². The van der Waals surface area contributed by atoms with E-state index in [0.29, 0.717) is 5.92 Å². The van der Waals surface area contributed by atoms with E-state index in [0.717, 1.165) is 24.0 Å². The quantitative estimate of drug-likeness (QED) is 0.575. The summed E-state index contributed by atoms with van der Waals surface area (Å²) in [5.74, 6) is 1.43. The standard InChI is InChI=1S/C15H18O2/c1-10-4-5-14-12(3)8-13(6-11(2)9-16)17-15(14)7-10/h4-7,9,12-13H,8H2,1-3H3/t12-,13-/m1/s1. The normalized spacial score (nSPS) is 23.8. The number of hydrogen-bond acceptors (Lipinski definition) is 2. The van der Waals surface area contributed by atoms with Gasteiger partial charge in [0, 0.05) is 0 Å². The van der Waals surface area contributed by atoms with Crippen molar-refractivity contribution < 1.29 is 9.53 Å². The van der Waals surface area contributed by atoms with Crippen LogP contribution < -0.4 is 4.74 Å². The molecule has 0 radical (unpaired) electrons. The zero-order valence-electron chi connectivity index (χ0n) is 10.6. The fourth-order valence-electron chi connectivity index (χ4n) is 2.27. The maximum atomic E-state index is 10.6. The fourth-order valence-corrected chi connectivity index (χ4v) is 2.27. The van der Waals surface area contributed by atoms with Crippen molar-refractivity contribution in [1.29, 1.82) is 0 Å². The van der Waals surface area contributed by atoms with E-state index in [9.17, 15) is 4.79 Å². The zero-order valence-corrected chi connectivity index (χ0v) is 10.6.